The predicted octanol–water partition coefficient (Wildman–Crippen LogP) is 5.33. The van der Waals surface area contributed by atoms with E-state index < -0.39 is 11.7 Å². The Balaban J connectivity index is 1.11. The number of amides is 1. The third-order valence-electron chi connectivity index (χ3n) is 8.49. The first kappa shape index (κ1) is 24.7. The molecule has 1 amide bonds. The zero-order valence-corrected chi connectivity index (χ0v) is 22.3. The molecule has 7 nitrogen and oxygen atoms in total. The van der Waals surface area contributed by atoms with Gasteiger partial charge in [-0.1, -0.05) is 12.8 Å². The number of piperazine rings is 1. The van der Waals surface area contributed by atoms with Gasteiger partial charge in [0.2, 0.25) is 0 Å². The van der Waals surface area contributed by atoms with Crippen molar-refractivity contribution in [2.75, 3.05) is 41.3 Å². The fraction of sp³-hybridized carbons (Fsp3) is 0.452. The molecule has 3 aliphatic rings. The number of Topliss-reactive ketones (excluding diaryl/α,β-unsaturated/α-hetero) is 1. The van der Waals surface area contributed by atoms with Crippen molar-refractivity contribution >= 4 is 28.9 Å². The molecule has 1 aliphatic carbocycles. The van der Waals surface area contributed by atoms with Crippen LogP contribution in [0.15, 0.2) is 48.7 Å². The first-order valence-electron chi connectivity index (χ1n) is 14.2. The number of aromatic nitrogens is 2. The summed E-state index contributed by atoms with van der Waals surface area (Å²) in [5, 5.41) is 2.88. The number of nitrogens with one attached hydrogen (secondary N) is 1. The van der Waals surface area contributed by atoms with Crippen molar-refractivity contribution < 1.29 is 9.59 Å². The quantitative estimate of drug-likeness (QED) is 0.358. The third kappa shape index (κ3) is 4.94. The average molecular weight is 512 g/mol. The Labute approximate surface area is 224 Å². The minimum Gasteiger partial charge on any atom is -0.368 e. The van der Waals surface area contributed by atoms with Crippen LogP contribution in [0.4, 0.5) is 17.2 Å². The molecule has 0 radical (unpaired) electrons. The second-order valence-corrected chi connectivity index (χ2v) is 11.0. The Morgan fingerprint density at radius 1 is 0.868 bits per heavy atom. The van der Waals surface area contributed by atoms with Gasteiger partial charge in [0, 0.05) is 56.0 Å². The zero-order chi connectivity index (χ0) is 26.1. The van der Waals surface area contributed by atoms with Gasteiger partial charge in [0.25, 0.3) is 11.7 Å². The summed E-state index contributed by atoms with van der Waals surface area (Å²) >= 11 is 0. The van der Waals surface area contributed by atoms with Gasteiger partial charge in [-0.3, -0.25) is 9.59 Å². The first-order valence-corrected chi connectivity index (χ1v) is 14.2. The van der Waals surface area contributed by atoms with Crippen LogP contribution in [0.25, 0.3) is 0 Å². The largest absolute Gasteiger partial charge is 0.368 e. The number of rotatable bonds is 6. The molecule has 2 fully saturated rings. The van der Waals surface area contributed by atoms with E-state index in [1.807, 2.05) is 36.5 Å². The minimum absolute atomic E-state index is 0.398. The molecule has 0 spiro atoms. The SMILES string of the molecule is Cc1ccnc(N2CCN(c3ccc(NC(=O)C(=O)c4c(C5CCCC5)cc5n4CCCC5)cc3)CC2)c1. The monoisotopic (exact) mass is 511 g/mol. The van der Waals surface area contributed by atoms with Crippen LogP contribution in [0, 0.1) is 6.92 Å². The van der Waals surface area contributed by atoms with E-state index in [1.165, 1.54) is 24.1 Å². The molecule has 38 heavy (non-hydrogen) atoms. The number of hydrogen-bond acceptors (Lipinski definition) is 5. The van der Waals surface area contributed by atoms with Crippen LogP contribution in [0.1, 0.15) is 71.8 Å². The molecular weight excluding hydrogens is 474 g/mol. The van der Waals surface area contributed by atoms with E-state index in [0.29, 0.717) is 17.3 Å². The van der Waals surface area contributed by atoms with Gasteiger partial charge in [0.05, 0.1) is 5.69 Å². The lowest BCUT2D eigenvalue weighted by Gasteiger charge is -2.36. The van der Waals surface area contributed by atoms with Crippen LogP contribution in [-0.4, -0.2) is 47.4 Å². The highest BCUT2D eigenvalue weighted by Gasteiger charge is 2.32. The molecule has 0 unspecified atom stereocenters. The Morgan fingerprint density at radius 3 is 2.34 bits per heavy atom. The summed E-state index contributed by atoms with van der Waals surface area (Å²) in [5.74, 6) is 0.502. The van der Waals surface area contributed by atoms with E-state index in [0.717, 1.165) is 81.9 Å². The topological polar surface area (TPSA) is 70.5 Å². The fourth-order valence-corrected chi connectivity index (χ4v) is 6.40. The number of nitrogens with zero attached hydrogens (tertiary/aromatic N) is 4. The number of pyridine rings is 1. The zero-order valence-electron chi connectivity index (χ0n) is 22.3. The average Bonchev–Trinajstić information content (AvgIpc) is 3.61. The van der Waals surface area contributed by atoms with Gasteiger partial charge >= 0.3 is 0 Å². The lowest BCUT2D eigenvalue weighted by atomic mass is 9.95. The van der Waals surface area contributed by atoms with Crippen molar-refractivity contribution in [2.45, 2.75) is 64.3 Å². The summed E-state index contributed by atoms with van der Waals surface area (Å²) < 4.78 is 2.13. The molecule has 198 valence electrons. The second kappa shape index (κ2) is 10.6. The maximum atomic E-state index is 13.5. The third-order valence-corrected chi connectivity index (χ3v) is 8.49. The summed E-state index contributed by atoms with van der Waals surface area (Å²) in [5.41, 5.74) is 5.96. The van der Waals surface area contributed by atoms with Gasteiger partial charge < -0.3 is 19.7 Å². The lowest BCUT2D eigenvalue weighted by molar-refractivity contribution is -0.112. The number of aryl methyl sites for hydroxylation is 2. The van der Waals surface area contributed by atoms with Gasteiger partial charge in [-0.25, -0.2) is 4.98 Å². The van der Waals surface area contributed by atoms with Gasteiger partial charge in [0.15, 0.2) is 0 Å². The summed E-state index contributed by atoms with van der Waals surface area (Å²) in [6, 6.07) is 14.2. The van der Waals surface area contributed by atoms with Crippen LogP contribution in [0.5, 0.6) is 0 Å². The maximum absolute atomic E-state index is 13.5. The molecule has 6 rings (SSSR count). The molecule has 2 aliphatic heterocycles. The van der Waals surface area contributed by atoms with E-state index in [-0.39, 0.29) is 0 Å². The number of fused-ring (bicyclic) bond motifs is 1. The summed E-state index contributed by atoms with van der Waals surface area (Å²) in [7, 11) is 0. The highest BCUT2D eigenvalue weighted by Crippen LogP contribution is 2.38. The molecule has 0 atom stereocenters. The molecule has 1 saturated heterocycles. The van der Waals surface area contributed by atoms with Crippen LogP contribution < -0.4 is 15.1 Å². The molecule has 1 saturated carbocycles. The predicted molar refractivity (Wildman–Crippen MR) is 151 cm³/mol. The number of benzene rings is 1. The number of carbonyl (C=O) groups excluding carboxylic acids is 2. The van der Waals surface area contributed by atoms with Gasteiger partial charge in [0.1, 0.15) is 5.82 Å². The smallest absolute Gasteiger partial charge is 0.298 e. The molecule has 1 aromatic carbocycles. The van der Waals surface area contributed by atoms with Crippen LogP contribution in [0.2, 0.25) is 0 Å². The number of ketones is 1. The standard InChI is InChI=1S/C31H37N5O2/c1-22-13-14-32-28(20-22)35-18-16-34(17-19-35)25-11-9-24(10-12-25)33-31(38)30(37)29-27(23-6-2-3-7-23)21-26-8-4-5-15-36(26)29/h9-14,20-21,23H,2-8,15-19H2,1H3,(H,33,38). The number of hydrogen-bond donors (Lipinski definition) is 1. The molecular formula is C31H37N5O2. The van der Waals surface area contributed by atoms with Crippen molar-refractivity contribution in [3.8, 4) is 0 Å². The van der Waals surface area contributed by atoms with Crippen molar-refractivity contribution in [3.63, 3.8) is 0 Å². The highest BCUT2D eigenvalue weighted by atomic mass is 16.2. The fourth-order valence-electron chi connectivity index (χ4n) is 6.40. The normalized spacial score (nSPS) is 17.9. The highest BCUT2D eigenvalue weighted by molar-refractivity contribution is 6.46. The van der Waals surface area contributed by atoms with Crippen molar-refractivity contribution in [1.82, 2.24) is 9.55 Å². The Hall–Kier alpha value is -3.61. The van der Waals surface area contributed by atoms with Crippen LogP contribution in [-0.2, 0) is 17.8 Å². The molecule has 1 N–H and O–H groups in total. The summed E-state index contributed by atoms with van der Waals surface area (Å²) in [4.78, 5) is 35.8. The van der Waals surface area contributed by atoms with E-state index >= 15 is 0 Å². The Kier molecular flexibility index (Phi) is 6.92. The van der Waals surface area contributed by atoms with Crippen molar-refractivity contribution in [2.24, 2.45) is 0 Å². The molecule has 4 heterocycles. The van der Waals surface area contributed by atoms with Crippen LogP contribution >= 0.6 is 0 Å². The Bertz CT molecular complexity index is 1310. The Morgan fingerprint density at radius 2 is 1.61 bits per heavy atom. The van der Waals surface area contributed by atoms with E-state index in [2.05, 4.69) is 43.7 Å². The van der Waals surface area contributed by atoms with Crippen molar-refractivity contribution in [3.05, 3.63) is 71.2 Å². The van der Waals surface area contributed by atoms with Crippen molar-refractivity contribution in [1.29, 1.82) is 0 Å². The molecule has 0 bridgehead atoms. The second-order valence-electron chi connectivity index (χ2n) is 11.0. The summed E-state index contributed by atoms with van der Waals surface area (Å²) in [6.45, 7) is 6.56. The van der Waals surface area contributed by atoms with Crippen LogP contribution in [0.3, 0.4) is 0 Å². The van der Waals surface area contributed by atoms with E-state index in [9.17, 15) is 9.59 Å². The van der Waals surface area contributed by atoms with Gasteiger partial charge in [-0.2, -0.15) is 0 Å². The lowest BCUT2D eigenvalue weighted by Crippen LogP contribution is -2.46. The van der Waals surface area contributed by atoms with Gasteiger partial charge in [-0.15, -0.1) is 0 Å². The number of anilines is 3. The van der Waals surface area contributed by atoms with E-state index in [1.54, 1.807) is 0 Å². The molecule has 2 aromatic heterocycles. The summed E-state index contributed by atoms with van der Waals surface area (Å²) in [6.07, 6.45) is 9.71. The number of carbonyl (C=O) groups is 2. The maximum Gasteiger partial charge on any atom is 0.298 e. The molecule has 7 heteroatoms. The van der Waals surface area contributed by atoms with Gasteiger partial charge in [-0.05, 0) is 98.5 Å². The van der Waals surface area contributed by atoms with E-state index in [4.69, 9.17) is 0 Å². The first-order chi connectivity index (χ1) is 18.6. The minimum atomic E-state index is -0.539. The molecule has 3 aromatic rings.